The highest BCUT2D eigenvalue weighted by Crippen LogP contribution is 2.45. The van der Waals surface area contributed by atoms with Gasteiger partial charge in [0, 0.05) is 12.4 Å². The van der Waals surface area contributed by atoms with Gasteiger partial charge in [0.2, 0.25) is 11.8 Å². The van der Waals surface area contributed by atoms with E-state index >= 15 is 0 Å². The van der Waals surface area contributed by atoms with Gasteiger partial charge in [-0.15, -0.1) is 0 Å². The number of carbonyl (C=O) groups is 3. The van der Waals surface area contributed by atoms with E-state index < -0.39 is 29.9 Å². The van der Waals surface area contributed by atoms with E-state index in [-0.39, 0.29) is 12.5 Å². The highest BCUT2D eigenvalue weighted by atomic mass is 16.7. The average Bonchev–Trinajstić information content (AvgIpc) is 3.12. The predicted molar refractivity (Wildman–Crippen MR) is 90.2 cm³/mol. The second-order valence-corrected chi connectivity index (χ2v) is 6.17. The van der Waals surface area contributed by atoms with Gasteiger partial charge in [-0.2, -0.15) is 5.06 Å². The number of fused-ring (bicyclic) bond motifs is 1. The monoisotopic (exact) mass is 352 g/mol. The molecule has 132 valence electrons. The molecule has 8 nitrogen and oxygen atoms in total. The first-order valence-electron chi connectivity index (χ1n) is 8.12. The number of para-hydroxylation sites is 1. The lowest BCUT2D eigenvalue weighted by atomic mass is 9.92. The van der Waals surface area contributed by atoms with Gasteiger partial charge in [-0.05, 0) is 23.8 Å². The Morgan fingerprint density at radius 2 is 1.88 bits per heavy atom. The van der Waals surface area contributed by atoms with Gasteiger partial charge in [-0.1, -0.05) is 24.3 Å². The highest BCUT2D eigenvalue weighted by Gasteiger charge is 2.60. The lowest BCUT2D eigenvalue weighted by Crippen LogP contribution is -2.40. The number of primary amides is 1. The third kappa shape index (κ3) is 2.56. The van der Waals surface area contributed by atoms with Crippen molar-refractivity contribution in [2.24, 2.45) is 11.7 Å². The third-order valence-electron chi connectivity index (χ3n) is 4.55. The zero-order valence-corrected chi connectivity index (χ0v) is 13.7. The second-order valence-electron chi connectivity index (χ2n) is 6.17. The number of nitrogens with zero attached hydrogens (tertiary/aromatic N) is 3. The van der Waals surface area contributed by atoms with Crippen LogP contribution in [0.15, 0.2) is 54.9 Å². The number of rotatable bonds is 4. The first-order valence-corrected chi connectivity index (χ1v) is 8.12. The SMILES string of the molecule is NC(=O)CN1OC2C(=O)N(c3ccccc3)C(=O)C2C1c1cccnc1. The van der Waals surface area contributed by atoms with Crippen molar-refractivity contribution in [3.8, 4) is 0 Å². The molecule has 1 aromatic carbocycles. The topological polar surface area (TPSA) is 106 Å². The molecule has 2 aromatic rings. The van der Waals surface area contributed by atoms with Crippen molar-refractivity contribution in [3.05, 3.63) is 60.4 Å². The average molecular weight is 352 g/mol. The maximum absolute atomic E-state index is 13.1. The summed E-state index contributed by atoms with van der Waals surface area (Å²) in [5, 5.41) is 1.31. The molecule has 26 heavy (non-hydrogen) atoms. The van der Waals surface area contributed by atoms with Gasteiger partial charge in [0.25, 0.3) is 5.91 Å². The molecule has 2 aliphatic rings. The minimum Gasteiger partial charge on any atom is -0.368 e. The summed E-state index contributed by atoms with van der Waals surface area (Å²) in [5.74, 6) is -2.20. The molecule has 3 atom stereocenters. The summed E-state index contributed by atoms with van der Waals surface area (Å²) in [6, 6.07) is 11.6. The molecule has 2 aliphatic heterocycles. The number of hydrogen-bond donors (Lipinski definition) is 1. The van der Waals surface area contributed by atoms with Gasteiger partial charge in [0.05, 0.1) is 17.6 Å². The molecule has 0 saturated carbocycles. The van der Waals surface area contributed by atoms with Crippen molar-refractivity contribution in [2.45, 2.75) is 12.1 Å². The first kappa shape index (κ1) is 16.4. The van der Waals surface area contributed by atoms with Gasteiger partial charge in [0.1, 0.15) is 6.54 Å². The highest BCUT2D eigenvalue weighted by molar-refractivity contribution is 6.23. The summed E-state index contributed by atoms with van der Waals surface area (Å²) in [7, 11) is 0. The number of pyridine rings is 1. The number of amides is 3. The molecular weight excluding hydrogens is 336 g/mol. The van der Waals surface area contributed by atoms with E-state index in [1.54, 1.807) is 54.9 Å². The van der Waals surface area contributed by atoms with Gasteiger partial charge in [-0.25, -0.2) is 4.90 Å². The number of anilines is 1. The number of carbonyl (C=O) groups excluding carboxylic acids is 3. The minimum absolute atomic E-state index is 0.224. The van der Waals surface area contributed by atoms with E-state index in [4.69, 9.17) is 10.6 Å². The van der Waals surface area contributed by atoms with Crippen LogP contribution in [0, 0.1) is 5.92 Å². The van der Waals surface area contributed by atoms with Crippen LogP contribution in [0.25, 0.3) is 0 Å². The Bertz CT molecular complexity index is 858. The van der Waals surface area contributed by atoms with E-state index in [1.165, 1.54) is 5.06 Å². The van der Waals surface area contributed by atoms with E-state index in [9.17, 15) is 14.4 Å². The number of nitrogens with two attached hydrogens (primary N) is 1. The van der Waals surface area contributed by atoms with E-state index in [2.05, 4.69) is 4.98 Å². The summed E-state index contributed by atoms with van der Waals surface area (Å²) in [6.45, 7) is -0.224. The van der Waals surface area contributed by atoms with Gasteiger partial charge in [0.15, 0.2) is 6.10 Å². The molecule has 3 heterocycles. The van der Waals surface area contributed by atoms with Crippen LogP contribution in [0.2, 0.25) is 0 Å². The Kier molecular flexibility index (Phi) is 3.98. The molecule has 2 saturated heterocycles. The summed E-state index contributed by atoms with van der Waals surface area (Å²) < 4.78 is 0. The van der Waals surface area contributed by atoms with Crippen LogP contribution in [-0.4, -0.2) is 40.4 Å². The summed E-state index contributed by atoms with van der Waals surface area (Å²) in [6.07, 6.45) is 2.20. The minimum atomic E-state index is -0.993. The standard InChI is InChI=1S/C18H16N4O4/c19-13(23)10-21-15(11-5-4-8-20-9-11)14-16(26-21)18(25)22(17(14)24)12-6-2-1-3-7-12/h1-9,14-16H,10H2,(H2,19,23). The lowest BCUT2D eigenvalue weighted by molar-refractivity contribution is -0.175. The Hall–Kier alpha value is -3.10. The lowest BCUT2D eigenvalue weighted by Gasteiger charge is -2.25. The molecule has 8 heteroatoms. The zero-order valence-electron chi connectivity index (χ0n) is 13.7. The van der Waals surface area contributed by atoms with Crippen LogP contribution in [0.3, 0.4) is 0 Å². The molecule has 0 radical (unpaired) electrons. The molecular formula is C18H16N4O4. The normalized spacial score (nSPS) is 25.5. The molecule has 2 fully saturated rings. The quantitative estimate of drug-likeness (QED) is 0.799. The van der Waals surface area contributed by atoms with Crippen molar-refractivity contribution < 1.29 is 19.2 Å². The van der Waals surface area contributed by atoms with Crippen LogP contribution >= 0.6 is 0 Å². The van der Waals surface area contributed by atoms with E-state index in [0.717, 1.165) is 4.90 Å². The summed E-state index contributed by atoms with van der Waals surface area (Å²) in [4.78, 5) is 48.2. The van der Waals surface area contributed by atoms with Crippen LogP contribution in [-0.2, 0) is 19.2 Å². The molecule has 0 spiro atoms. The number of aromatic nitrogens is 1. The maximum atomic E-state index is 13.1. The van der Waals surface area contributed by atoms with Crippen molar-refractivity contribution in [3.63, 3.8) is 0 Å². The van der Waals surface area contributed by atoms with Crippen molar-refractivity contribution >= 4 is 23.4 Å². The van der Waals surface area contributed by atoms with Crippen molar-refractivity contribution in [2.75, 3.05) is 11.4 Å². The largest absolute Gasteiger partial charge is 0.368 e. The third-order valence-corrected chi connectivity index (χ3v) is 4.55. The Morgan fingerprint density at radius 1 is 1.12 bits per heavy atom. The molecule has 2 N–H and O–H groups in total. The molecule has 3 amide bonds. The fourth-order valence-corrected chi connectivity index (χ4v) is 3.52. The molecule has 3 unspecified atom stereocenters. The molecule has 4 rings (SSSR count). The number of hydrogen-bond acceptors (Lipinski definition) is 6. The first-order chi connectivity index (χ1) is 12.6. The number of benzene rings is 1. The van der Waals surface area contributed by atoms with Gasteiger partial charge >= 0.3 is 0 Å². The maximum Gasteiger partial charge on any atom is 0.265 e. The van der Waals surface area contributed by atoms with Crippen LogP contribution < -0.4 is 10.6 Å². The Morgan fingerprint density at radius 3 is 2.54 bits per heavy atom. The van der Waals surface area contributed by atoms with Crippen molar-refractivity contribution in [1.82, 2.24) is 10.0 Å². The fourth-order valence-electron chi connectivity index (χ4n) is 3.52. The smallest absolute Gasteiger partial charge is 0.265 e. The number of imide groups is 1. The number of hydroxylamine groups is 2. The van der Waals surface area contributed by atoms with Gasteiger partial charge < -0.3 is 5.73 Å². The summed E-state index contributed by atoms with van der Waals surface area (Å²) in [5.41, 5.74) is 6.46. The van der Waals surface area contributed by atoms with Crippen LogP contribution in [0.4, 0.5) is 5.69 Å². The predicted octanol–water partition coefficient (Wildman–Crippen LogP) is 0.413. The zero-order chi connectivity index (χ0) is 18.3. The van der Waals surface area contributed by atoms with Crippen LogP contribution in [0.1, 0.15) is 11.6 Å². The van der Waals surface area contributed by atoms with E-state index in [0.29, 0.717) is 11.3 Å². The van der Waals surface area contributed by atoms with Crippen LogP contribution in [0.5, 0.6) is 0 Å². The Balaban J connectivity index is 1.73. The molecule has 1 aromatic heterocycles. The molecule has 0 bridgehead atoms. The summed E-state index contributed by atoms with van der Waals surface area (Å²) >= 11 is 0. The van der Waals surface area contributed by atoms with Crippen molar-refractivity contribution in [1.29, 1.82) is 0 Å². The fraction of sp³-hybridized carbons (Fsp3) is 0.222. The Labute approximate surface area is 149 Å². The van der Waals surface area contributed by atoms with E-state index in [1.807, 2.05) is 0 Å². The van der Waals surface area contributed by atoms with Gasteiger partial charge in [-0.3, -0.25) is 24.2 Å². The molecule has 0 aliphatic carbocycles. The second kappa shape index (κ2) is 6.32.